The summed E-state index contributed by atoms with van der Waals surface area (Å²) in [5.41, 5.74) is 1.32. The second kappa shape index (κ2) is 7.65. The summed E-state index contributed by atoms with van der Waals surface area (Å²) < 4.78 is 4.86. The van der Waals surface area contributed by atoms with Crippen LogP contribution in [0.2, 0.25) is 0 Å². The van der Waals surface area contributed by atoms with Crippen LogP contribution in [0.4, 0.5) is 0 Å². The summed E-state index contributed by atoms with van der Waals surface area (Å²) in [6.07, 6.45) is 6.90. The number of hydrogen-bond donors (Lipinski definition) is 0. The Kier molecular flexibility index (Phi) is 5.34. The van der Waals surface area contributed by atoms with E-state index in [1.807, 2.05) is 35.2 Å². The number of ether oxygens (including phenoxy) is 1. The van der Waals surface area contributed by atoms with Crippen molar-refractivity contribution < 1.29 is 14.3 Å². The highest BCUT2D eigenvalue weighted by Crippen LogP contribution is 2.36. The standard InChI is InChI=1S/C20H25NO3/c1-24-20(23)18(11-15-7-3-2-4-8-15)12-19(22)21-13-16-9-5-6-10-17(16)14-21/h2-4,7-8,11,16-17H,5-6,9-10,12-14H2,1H3/t16-,17+. The van der Waals surface area contributed by atoms with E-state index in [2.05, 4.69) is 0 Å². The molecule has 2 aliphatic rings. The maximum absolute atomic E-state index is 12.7. The molecule has 2 atom stereocenters. The molecule has 1 heterocycles. The number of fused-ring (bicyclic) bond motifs is 1. The monoisotopic (exact) mass is 327 g/mol. The Hall–Kier alpha value is -2.10. The predicted molar refractivity (Wildman–Crippen MR) is 93.1 cm³/mol. The zero-order valence-electron chi connectivity index (χ0n) is 14.2. The van der Waals surface area contributed by atoms with E-state index in [1.165, 1.54) is 32.8 Å². The van der Waals surface area contributed by atoms with Gasteiger partial charge in [0.2, 0.25) is 5.91 Å². The number of likely N-dealkylation sites (tertiary alicyclic amines) is 1. The lowest BCUT2D eigenvalue weighted by Gasteiger charge is -2.22. The van der Waals surface area contributed by atoms with Crippen molar-refractivity contribution in [3.05, 3.63) is 41.5 Å². The van der Waals surface area contributed by atoms with Crippen LogP contribution in [0.1, 0.15) is 37.7 Å². The fraction of sp³-hybridized carbons (Fsp3) is 0.500. The Morgan fingerprint density at radius 3 is 2.33 bits per heavy atom. The average Bonchev–Trinajstić information content (AvgIpc) is 3.05. The maximum atomic E-state index is 12.7. The van der Waals surface area contributed by atoms with E-state index < -0.39 is 5.97 Å². The Morgan fingerprint density at radius 1 is 1.12 bits per heavy atom. The van der Waals surface area contributed by atoms with E-state index in [-0.39, 0.29) is 12.3 Å². The second-order valence-corrected chi connectivity index (χ2v) is 6.85. The highest BCUT2D eigenvalue weighted by atomic mass is 16.5. The molecule has 1 aliphatic carbocycles. The molecule has 1 saturated heterocycles. The molecule has 3 rings (SSSR count). The average molecular weight is 327 g/mol. The summed E-state index contributed by atoms with van der Waals surface area (Å²) in [5, 5.41) is 0. The van der Waals surface area contributed by atoms with Gasteiger partial charge in [-0.3, -0.25) is 4.79 Å². The van der Waals surface area contributed by atoms with E-state index in [4.69, 9.17) is 4.74 Å². The molecule has 128 valence electrons. The van der Waals surface area contributed by atoms with Gasteiger partial charge in [-0.1, -0.05) is 43.2 Å². The molecule has 0 aromatic heterocycles. The van der Waals surface area contributed by atoms with Crippen molar-refractivity contribution in [3.8, 4) is 0 Å². The summed E-state index contributed by atoms with van der Waals surface area (Å²) in [7, 11) is 1.36. The molecule has 1 aromatic rings. The molecular formula is C20H25NO3. The number of methoxy groups -OCH3 is 1. The van der Waals surface area contributed by atoms with Gasteiger partial charge in [-0.2, -0.15) is 0 Å². The van der Waals surface area contributed by atoms with Gasteiger partial charge in [0, 0.05) is 18.7 Å². The Labute approximate surface area is 143 Å². The van der Waals surface area contributed by atoms with Crippen LogP contribution in [0.5, 0.6) is 0 Å². The molecule has 0 N–H and O–H groups in total. The van der Waals surface area contributed by atoms with Crippen molar-refractivity contribution in [1.82, 2.24) is 4.90 Å². The number of esters is 1. The molecule has 0 bridgehead atoms. The topological polar surface area (TPSA) is 46.6 Å². The number of hydrogen-bond acceptors (Lipinski definition) is 3. The molecule has 0 radical (unpaired) electrons. The van der Waals surface area contributed by atoms with Crippen LogP contribution in [0.25, 0.3) is 6.08 Å². The van der Waals surface area contributed by atoms with Crippen LogP contribution in [0, 0.1) is 11.8 Å². The van der Waals surface area contributed by atoms with E-state index in [0.717, 1.165) is 18.7 Å². The fourth-order valence-electron chi connectivity index (χ4n) is 3.95. The first-order chi connectivity index (χ1) is 11.7. The van der Waals surface area contributed by atoms with E-state index in [9.17, 15) is 9.59 Å². The van der Waals surface area contributed by atoms with Crippen molar-refractivity contribution >= 4 is 18.0 Å². The van der Waals surface area contributed by atoms with Crippen LogP contribution < -0.4 is 0 Å². The van der Waals surface area contributed by atoms with Crippen molar-refractivity contribution in [2.24, 2.45) is 11.8 Å². The molecular weight excluding hydrogens is 302 g/mol. The predicted octanol–water partition coefficient (Wildman–Crippen LogP) is 3.28. The second-order valence-electron chi connectivity index (χ2n) is 6.85. The number of amides is 1. The van der Waals surface area contributed by atoms with Crippen molar-refractivity contribution in [3.63, 3.8) is 0 Å². The molecule has 1 aliphatic heterocycles. The highest BCUT2D eigenvalue weighted by Gasteiger charge is 2.36. The molecule has 1 aromatic carbocycles. The normalized spacial score (nSPS) is 23.7. The molecule has 4 nitrogen and oxygen atoms in total. The van der Waals surface area contributed by atoms with Crippen LogP contribution in [-0.4, -0.2) is 37.0 Å². The van der Waals surface area contributed by atoms with Crippen molar-refractivity contribution in [1.29, 1.82) is 0 Å². The van der Waals surface area contributed by atoms with E-state index in [1.54, 1.807) is 6.08 Å². The molecule has 1 saturated carbocycles. The van der Waals surface area contributed by atoms with Crippen LogP contribution in [0.15, 0.2) is 35.9 Å². The minimum Gasteiger partial charge on any atom is -0.466 e. The van der Waals surface area contributed by atoms with Gasteiger partial charge in [0.15, 0.2) is 0 Å². The number of nitrogens with zero attached hydrogens (tertiary/aromatic N) is 1. The lowest BCUT2D eigenvalue weighted by Crippen LogP contribution is -2.30. The van der Waals surface area contributed by atoms with Crippen LogP contribution >= 0.6 is 0 Å². The van der Waals surface area contributed by atoms with Gasteiger partial charge in [-0.05, 0) is 36.3 Å². The van der Waals surface area contributed by atoms with E-state index in [0.29, 0.717) is 17.4 Å². The van der Waals surface area contributed by atoms with Gasteiger partial charge in [0.05, 0.1) is 13.5 Å². The summed E-state index contributed by atoms with van der Waals surface area (Å²) >= 11 is 0. The zero-order valence-corrected chi connectivity index (χ0v) is 14.2. The number of carbonyl (C=O) groups is 2. The van der Waals surface area contributed by atoms with Gasteiger partial charge >= 0.3 is 5.97 Å². The fourth-order valence-corrected chi connectivity index (χ4v) is 3.95. The van der Waals surface area contributed by atoms with Crippen molar-refractivity contribution in [2.75, 3.05) is 20.2 Å². The van der Waals surface area contributed by atoms with Gasteiger partial charge in [0.25, 0.3) is 0 Å². The molecule has 2 fully saturated rings. The third kappa shape index (κ3) is 3.86. The lowest BCUT2D eigenvalue weighted by atomic mass is 9.82. The van der Waals surface area contributed by atoms with E-state index >= 15 is 0 Å². The minimum absolute atomic E-state index is 0.0389. The SMILES string of the molecule is COC(=O)C(=Cc1ccccc1)CC(=O)N1C[C@H]2CCCC[C@H]2C1. The zero-order chi connectivity index (χ0) is 16.9. The van der Waals surface area contributed by atoms with Crippen molar-refractivity contribution in [2.45, 2.75) is 32.1 Å². The van der Waals surface area contributed by atoms with Crippen LogP contribution in [-0.2, 0) is 14.3 Å². The maximum Gasteiger partial charge on any atom is 0.334 e. The Morgan fingerprint density at radius 2 is 1.75 bits per heavy atom. The molecule has 24 heavy (non-hydrogen) atoms. The molecule has 4 heteroatoms. The third-order valence-corrected chi connectivity index (χ3v) is 5.26. The Bertz CT molecular complexity index is 609. The smallest absolute Gasteiger partial charge is 0.334 e. The summed E-state index contributed by atoms with van der Waals surface area (Å²) in [6.45, 7) is 1.70. The molecule has 0 spiro atoms. The quantitative estimate of drug-likeness (QED) is 0.630. The van der Waals surface area contributed by atoms with Gasteiger partial charge < -0.3 is 9.64 Å². The number of rotatable bonds is 4. The largest absolute Gasteiger partial charge is 0.466 e. The van der Waals surface area contributed by atoms with Gasteiger partial charge in [0.1, 0.15) is 0 Å². The Balaban J connectivity index is 1.70. The third-order valence-electron chi connectivity index (χ3n) is 5.26. The first-order valence-corrected chi connectivity index (χ1v) is 8.79. The molecule has 1 amide bonds. The first-order valence-electron chi connectivity index (χ1n) is 8.79. The summed E-state index contributed by atoms with van der Waals surface area (Å²) in [4.78, 5) is 26.7. The van der Waals surface area contributed by atoms with Gasteiger partial charge in [-0.25, -0.2) is 4.79 Å². The minimum atomic E-state index is -0.427. The lowest BCUT2D eigenvalue weighted by molar-refractivity contribution is -0.138. The summed E-state index contributed by atoms with van der Waals surface area (Å²) in [6, 6.07) is 9.57. The molecule has 0 unspecified atom stereocenters. The van der Waals surface area contributed by atoms with Gasteiger partial charge in [-0.15, -0.1) is 0 Å². The number of benzene rings is 1. The summed E-state index contributed by atoms with van der Waals surface area (Å²) in [5.74, 6) is 0.922. The number of carbonyl (C=O) groups excluding carboxylic acids is 2. The first kappa shape index (κ1) is 16.7. The highest BCUT2D eigenvalue weighted by molar-refractivity contribution is 5.99. The van der Waals surface area contributed by atoms with Crippen LogP contribution in [0.3, 0.4) is 0 Å².